The lowest BCUT2D eigenvalue weighted by atomic mass is 9.73. The Balaban J connectivity index is 1.47. The molecule has 0 amide bonds. The van der Waals surface area contributed by atoms with Crippen LogP contribution in [-0.4, -0.2) is 9.65 Å². The van der Waals surface area contributed by atoms with E-state index in [2.05, 4.69) is 50.1 Å². The van der Waals surface area contributed by atoms with Crippen LogP contribution in [0.2, 0.25) is 0 Å². The molecule has 0 heterocycles. The summed E-state index contributed by atoms with van der Waals surface area (Å²) in [5.74, 6) is 6.47. The zero-order chi connectivity index (χ0) is 15.6. The smallest absolute Gasteiger partial charge is 0.0151 e. The van der Waals surface area contributed by atoms with Crippen molar-refractivity contribution in [1.29, 1.82) is 0 Å². The van der Waals surface area contributed by atoms with Crippen LogP contribution in [0.25, 0.3) is 0 Å². The van der Waals surface area contributed by atoms with Crippen LogP contribution in [-0.2, 0) is 0 Å². The average molecular weight is 440 g/mol. The van der Waals surface area contributed by atoms with Crippen LogP contribution in [0.4, 0.5) is 0 Å². The van der Waals surface area contributed by atoms with E-state index in [0.717, 1.165) is 51.1 Å². The van der Waals surface area contributed by atoms with E-state index in [9.17, 15) is 0 Å². The summed E-state index contributed by atoms with van der Waals surface area (Å²) in [6, 6.07) is 0. The first kappa shape index (κ1) is 15.7. The highest BCUT2D eigenvalue weighted by Gasteiger charge is 2.50. The van der Waals surface area contributed by atoms with Crippen LogP contribution < -0.4 is 0 Å². The first-order chi connectivity index (χ1) is 11.2. The standard InChI is InChI=1S/C21H28Br2/c22-15-3-5-17-18-6-4-16(23)11-21(18)19(20(17)10-15)9-14-8-12-1-2-13(14)7-12/h1-2,9,12-18,20-21H,3-8,10-11H2. The Morgan fingerprint density at radius 1 is 0.783 bits per heavy atom. The van der Waals surface area contributed by atoms with Gasteiger partial charge in [-0.3, -0.25) is 0 Å². The molecule has 0 radical (unpaired) electrons. The molecule has 0 aromatic carbocycles. The molecule has 4 fully saturated rings. The van der Waals surface area contributed by atoms with Crippen molar-refractivity contribution in [2.45, 2.75) is 61.0 Å². The topological polar surface area (TPSA) is 0 Å². The van der Waals surface area contributed by atoms with Gasteiger partial charge in [0.15, 0.2) is 0 Å². The molecule has 0 saturated heterocycles. The van der Waals surface area contributed by atoms with Gasteiger partial charge < -0.3 is 0 Å². The maximum absolute atomic E-state index is 3.96. The summed E-state index contributed by atoms with van der Waals surface area (Å²) in [4.78, 5) is 1.54. The van der Waals surface area contributed by atoms with E-state index in [-0.39, 0.29) is 0 Å². The van der Waals surface area contributed by atoms with Crippen molar-refractivity contribution in [1.82, 2.24) is 0 Å². The predicted octanol–water partition coefficient (Wildman–Crippen LogP) is 6.50. The Hall–Kier alpha value is 0.440. The lowest BCUT2D eigenvalue weighted by Crippen LogP contribution is -2.28. The molecule has 5 aliphatic carbocycles. The molecular weight excluding hydrogens is 412 g/mol. The maximum atomic E-state index is 3.96. The molecule has 0 nitrogen and oxygen atoms in total. The molecule has 2 heteroatoms. The van der Waals surface area contributed by atoms with Crippen molar-refractivity contribution >= 4 is 31.9 Å². The van der Waals surface area contributed by atoms with E-state index in [1.807, 2.05) is 5.57 Å². The summed E-state index contributed by atoms with van der Waals surface area (Å²) < 4.78 is 0. The van der Waals surface area contributed by atoms with E-state index in [0.29, 0.717) is 0 Å². The van der Waals surface area contributed by atoms with Crippen molar-refractivity contribution in [2.75, 3.05) is 0 Å². The SMILES string of the molecule is BrC1CCC2C(C1)C(=CC1CC3C=CC1C3)C1CC(Br)CCC12. The van der Waals surface area contributed by atoms with E-state index in [1.165, 1.54) is 51.4 Å². The maximum Gasteiger partial charge on any atom is 0.0151 e. The number of halogens is 2. The van der Waals surface area contributed by atoms with E-state index < -0.39 is 0 Å². The van der Waals surface area contributed by atoms with Gasteiger partial charge in [0.05, 0.1) is 0 Å². The minimum atomic E-state index is 0.770. The normalized spacial score (nSPS) is 54.2. The Labute approximate surface area is 157 Å². The highest BCUT2D eigenvalue weighted by atomic mass is 79.9. The molecule has 5 aliphatic rings. The van der Waals surface area contributed by atoms with Crippen molar-refractivity contribution in [3.63, 3.8) is 0 Å². The van der Waals surface area contributed by atoms with E-state index in [4.69, 9.17) is 0 Å². The third kappa shape index (κ3) is 2.65. The van der Waals surface area contributed by atoms with Crippen molar-refractivity contribution < 1.29 is 0 Å². The quantitative estimate of drug-likeness (QED) is 0.323. The Morgan fingerprint density at radius 2 is 1.43 bits per heavy atom. The zero-order valence-corrected chi connectivity index (χ0v) is 17.0. The summed E-state index contributed by atoms with van der Waals surface area (Å²) in [5.41, 5.74) is 1.92. The van der Waals surface area contributed by atoms with Crippen molar-refractivity contribution in [3.8, 4) is 0 Å². The zero-order valence-electron chi connectivity index (χ0n) is 13.8. The molecule has 0 N–H and O–H groups in total. The number of hydrogen-bond acceptors (Lipinski definition) is 0. The van der Waals surface area contributed by atoms with Crippen molar-refractivity contribution in [2.24, 2.45) is 41.4 Å². The first-order valence-corrected chi connectivity index (χ1v) is 11.7. The third-order valence-corrected chi connectivity index (χ3v) is 9.49. The molecular formula is C21H28Br2. The highest BCUT2D eigenvalue weighted by molar-refractivity contribution is 9.09. The van der Waals surface area contributed by atoms with Gasteiger partial charge in [-0.05, 0) is 92.8 Å². The second-order valence-corrected chi connectivity index (χ2v) is 11.6. The summed E-state index contributed by atoms with van der Waals surface area (Å²) >= 11 is 7.92. The van der Waals surface area contributed by atoms with Crippen molar-refractivity contribution in [3.05, 3.63) is 23.8 Å². The first-order valence-electron chi connectivity index (χ1n) is 9.87. The van der Waals surface area contributed by atoms with Gasteiger partial charge in [-0.1, -0.05) is 55.7 Å². The molecule has 23 heavy (non-hydrogen) atoms. The molecule has 4 saturated carbocycles. The van der Waals surface area contributed by atoms with Crippen LogP contribution in [0.1, 0.15) is 51.4 Å². The molecule has 126 valence electrons. The van der Waals surface area contributed by atoms with Gasteiger partial charge in [0.1, 0.15) is 0 Å². The van der Waals surface area contributed by atoms with E-state index >= 15 is 0 Å². The Kier molecular flexibility index (Phi) is 4.09. The largest absolute Gasteiger partial charge is 0.0890 e. The van der Waals surface area contributed by atoms with Gasteiger partial charge in [-0.2, -0.15) is 0 Å². The molecule has 9 atom stereocenters. The van der Waals surface area contributed by atoms with Crippen LogP contribution in [0, 0.1) is 41.4 Å². The lowest BCUT2D eigenvalue weighted by Gasteiger charge is -2.34. The minimum Gasteiger partial charge on any atom is -0.0890 e. The van der Waals surface area contributed by atoms with Crippen LogP contribution in [0.3, 0.4) is 0 Å². The monoisotopic (exact) mass is 438 g/mol. The summed E-state index contributed by atoms with van der Waals surface area (Å²) in [7, 11) is 0. The van der Waals surface area contributed by atoms with Crippen LogP contribution in [0.15, 0.2) is 23.8 Å². The average Bonchev–Trinajstić information content (AvgIpc) is 3.22. The lowest BCUT2D eigenvalue weighted by molar-refractivity contribution is 0.190. The van der Waals surface area contributed by atoms with Gasteiger partial charge in [0, 0.05) is 9.65 Å². The number of allylic oxidation sites excluding steroid dienone is 4. The summed E-state index contributed by atoms with van der Waals surface area (Å²) in [6.07, 6.45) is 19.3. The Bertz CT molecular complexity index is 508. The number of alkyl halides is 2. The highest BCUT2D eigenvalue weighted by Crippen LogP contribution is 2.59. The van der Waals surface area contributed by atoms with E-state index in [1.54, 1.807) is 0 Å². The van der Waals surface area contributed by atoms with Gasteiger partial charge in [-0.15, -0.1) is 0 Å². The summed E-state index contributed by atoms with van der Waals surface area (Å²) in [6.45, 7) is 0. The molecule has 0 aromatic rings. The van der Waals surface area contributed by atoms with Crippen LogP contribution >= 0.6 is 31.9 Å². The minimum absolute atomic E-state index is 0.770. The number of rotatable bonds is 1. The van der Waals surface area contributed by atoms with Gasteiger partial charge in [0.2, 0.25) is 0 Å². The molecule has 0 aromatic heterocycles. The molecule has 9 unspecified atom stereocenters. The molecule has 2 bridgehead atoms. The number of hydrogen-bond donors (Lipinski definition) is 0. The number of fused-ring (bicyclic) bond motifs is 5. The van der Waals surface area contributed by atoms with Gasteiger partial charge in [0.25, 0.3) is 0 Å². The summed E-state index contributed by atoms with van der Waals surface area (Å²) in [5, 5.41) is 0. The fourth-order valence-electron chi connectivity index (χ4n) is 6.86. The van der Waals surface area contributed by atoms with Crippen LogP contribution in [0.5, 0.6) is 0 Å². The second kappa shape index (κ2) is 6.01. The molecule has 0 aliphatic heterocycles. The van der Waals surface area contributed by atoms with Gasteiger partial charge >= 0.3 is 0 Å². The predicted molar refractivity (Wildman–Crippen MR) is 104 cm³/mol. The fraction of sp³-hybridized carbons (Fsp3) is 0.810. The molecule has 0 spiro atoms. The Morgan fingerprint density at radius 3 is 1.96 bits per heavy atom. The molecule has 5 rings (SSSR count). The second-order valence-electron chi connectivity index (χ2n) is 8.97. The third-order valence-electron chi connectivity index (χ3n) is 7.82. The fourth-order valence-corrected chi connectivity index (χ4v) is 8.20. The van der Waals surface area contributed by atoms with Gasteiger partial charge in [-0.25, -0.2) is 0 Å².